The summed E-state index contributed by atoms with van der Waals surface area (Å²) in [6, 6.07) is 13.0. The fraction of sp³-hybridized carbons (Fsp3) is 0.0476. The first-order valence-corrected chi connectivity index (χ1v) is 8.46. The van der Waals surface area contributed by atoms with Crippen molar-refractivity contribution in [3.63, 3.8) is 0 Å². The maximum absolute atomic E-state index is 12.7. The van der Waals surface area contributed by atoms with Crippen molar-refractivity contribution < 1.29 is 14.0 Å². The van der Waals surface area contributed by atoms with Gasteiger partial charge in [0.05, 0.1) is 17.4 Å². The maximum atomic E-state index is 12.7. The number of nitrogens with zero attached hydrogens (tertiary/aromatic N) is 1. The van der Waals surface area contributed by atoms with Crippen LogP contribution in [-0.4, -0.2) is 16.4 Å². The molecule has 3 N–H and O–H groups in total. The second kappa shape index (κ2) is 5.35. The van der Waals surface area contributed by atoms with Crippen LogP contribution in [0.3, 0.4) is 0 Å². The molecule has 4 aromatic rings. The second-order valence-corrected chi connectivity index (χ2v) is 6.61. The molecule has 132 valence electrons. The minimum absolute atomic E-state index is 0.281. The molecular weight excluding hydrogens is 342 g/mol. The molecule has 0 spiro atoms. The Bertz CT molecular complexity index is 1310. The van der Waals surface area contributed by atoms with Gasteiger partial charge in [0.1, 0.15) is 5.58 Å². The number of carbonyl (C=O) groups is 2. The quantitative estimate of drug-likeness (QED) is 0.426. The summed E-state index contributed by atoms with van der Waals surface area (Å²) in [5, 5.41) is 4.10. The van der Waals surface area contributed by atoms with Gasteiger partial charge in [0, 0.05) is 46.3 Å². The third kappa shape index (κ3) is 2.13. The molecule has 2 amide bonds. The van der Waals surface area contributed by atoms with Crippen LogP contribution in [0.5, 0.6) is 0 Å². The number of nitrogens with one attached hydrogen (secondary N) is 1. The van der Waals surface area contributed by atoms with E-state index in [1.54, 1.807) is 24.5 Å². The topological polar surface area (TPSA) is 90.3 Å². The Morgan fingerprint density at radius 1 is 1.00 bits per heavy atom. The van der Waals surface area contributed by atoms with Crippen LogP contribution < -0.4 is 11.1 Å². The Labute approximate surface area is 153 Å². The average molecular weight is 357 g/mol. The number of furan rings is 1. The van der Waals surface area contributed by atoms with Gasteiger partial charge in [-0.2, -0.15) is 0 Å². The van der Waals surface area contributed by atoms with Crippen molar-refractivity contribution in [2.45, 2.75) is 0 Å². The number of nitrogen functional groups attached to an aromatic ring is 1. The van der Waals surface area contributed by atoms with E-state index < -0.39 is 11.8 Å². The van der Waals surface area contributed by atoms with E-state index in [-0.39, 0.29) is 5.57 Å². The van der Waals surface area contributed by atoms with Crippen molar-refractivity contribution >= 4 is 50.5 Å². The molecule has 0 aliphatic carbocycles. The summed E-state index contributed by atoms with van der Waals surface area (Å²) in [4.78, 5) is 25.4. The summed E-state index contributed by atoms with van der Waals surface area (Å²) < 4.78 is 7.53. The minimum atomic E-state index is -0.453. The van der Waals surface area contributed by atoms with Crippen LogP contribution in [-0.2, 0) is 16.6 Å². The molecule has 6 heteroatoms. The molecule has 3 heterocycles. The first-order valence-electron chi connectivity index (χ1n) is 8.46. The standard InChI is InChI=1S/C21H15N3O3/c1-24-10-15(13-4-2-3-5-16(13)24)18-17(20(25)23-21(18)26)14-9-12(22)8-11-6-7-27-19(11)14/h2-10H,22H2,1H3,(H,23,25,26). The van der Waals surface area contributed by atoms with Crippen LogP contribution >= 0.6 is 0 Å². The molecule has 1 aliphatic rings. The van der Waals surface area contributed by atoms with Gasteiger partial charge in [0.2, 0.25) is 0 Å². The summed E-state index contributed by atoms with van der Waals surface area (Å²) in [5.74, 6) is -0.875. The van der Waals surface area contributed by atoms with Crippen LogP contribution in [0.1, 0.15) is 11.1 Å². The number of aromatic nitrogens is 1. The van der Waals surface area contributed by atoms with Crippen LogP contribution in [0.25, 0.3) is 33.0 Å². The number of amides is 2. The zero-order chi connectivity index (χ0) is 18.7. The summed E-state index contributed by atoms with van der Waals surface area (Å²) in [7, 11) is 1.91. The van der Waals surface area contributed by atoms with Crippen LogP contribution in [0, 0.1) is 0 Å². The molecule has 0 unspecified atom stereocenters. The van der Waals surface area contributed by atoms with E-state index in [1.807, 2.05) is 42.1 Å². The smallest absolute Gasteiger partial charge is 0.259 e. The highest BCUT2D eigenvalue weighted by Gasteiger charge is 2.35. The lowest BCUT2D eigenvalue weighted by Crippen LogP contribution is -2.22. The fourth-order valence-corrected chi connectivity index (χ4v) is 3.80. The van der Waals surface area contributed by atoms with Crippen molar-refractivity contribution in [1.29, 1.82) is 0 Å². The lowest BCUT2D eigenvalue weighted by Gasteiger charge is -2.06. The molecule has 0 bridgehead atoms. The van der Waals surface area contributed by atoms with Gasteiger partial charge in [-0.05, 0) is 24.3 Å². The van der Waals surface area contributed by atoms with Gasteiger partial charge < -0.3 is 14.7 Å². The Morgan fingerprint density at radius 3 is 2.56 bits per heavy atom. The number of para-hydroxylation sites is 1. The molecule has 1 aliphatic heterocycles. The minimum Gasteiger partial charge on any atom is -0.464 e. The number of aryl methyl sites for hydroxylation is 1. The Balaban J connectivity index is 1.89. The van der Waals surface area contributed by atoms with E-state index in [4.69, 9.17) is 10.2 Å². The predicted molar refractivity (Wildman–Crippen MR) is 104 cm³/mol. The van der Waals surface area contributed by atoms with Gasteiger partial charge in [-0.15, -0.1) is 0 Å². The number of hydrogen-bond donors (Lipinski definition) is 2. The SMILES string of the molecule is Cn1cc(C2=C(c3cc(N)cc4ccoc34)C(=O)NC2=O)c2ccccc21. The second-order valence-electron chi connectivity index (χ2n) is 6.61. The number of carbonyl (C=O) groups excluding carboxylic acids is 2. The third-order valence-electron chi connectivity index (χ3n) is 4.94. The maximum Gasteiger partial charge on any atom is 0.259 e. The lowest BCUT2D eigenvalue weighted by molar-refractivity contribution is -0.122. The number of rotatable bonds is 2. The number of benzene rings is 2. The van der Waals surface area contributed by atoms with Crippen molar-refractivity contribution in [2.24, 2.45) is 7.05 Å². The fourth-order valence-electron chi connectivity index (χ4n) is 3.80. The van der Waals surface area contributed by atoms with E-state index in [1.165, 1.54) is 0 Å². The first kappa shape index (κ1) is 15.5. The molecule has 6 nitrogen and oxygen atoms in total. The van der Waals surface area contributed by atoms with Crippen molar-refractivity contribution in [3.05, 3.63) is 66.1 Å². The third-order valence-corrected chi connectivity index (χ3v) is 4.94. The van der Waals surface area contributed by atoms with E-state index in [0.717, 1.165) is 16.3 Å². The summed E-state index contributed by atoms with van der Waals surface area (Å²) in [6.45, 7) is 0. The number of imide groups is 1. The highest BCUT2D eigenvalue weighted by atomic mass is 16.3. The average Bonchev–Trinajstić information content (AvgIpc) is 3.31. The van der Waals surface area contributed by atoms with Crippen molar-refractivity contribution in [2.75, 3.05) is 5.73 Å². The summed E-state index contributed by atoms with van der Waals surface area (Å²) in [5.41, 5.74) is 9.86. The first-order chi connectivity index (χ1) is 13.0. The zero-order valence-electron chi connectivity index (χ0n) is 14.4. The Morgan fingerprint density at radius 2 is 1.74 bits per heavy atom. The molecule has 0 saturated carbocycles. The Hall–Kier alpha value is -3.80. The van der Waals surface area contributed by atoms with Gasteiger partial charge in [0.25, 0.3) is 11.8 Å². The number of fused-ring (bicyclic) bond motifs is 2. The van der Waals surface area contributed by atoms with Crippen LogP contribution in [0.2, 0.25) is 0 Å². The van der Waals surface area contributed by atoms with Gasteiger partial charge in [-0.3, -0.25) is 14.9 Å². The molecule has 0 saturated heterocycles. The highest BCUT2D eigenvalue weighted by Crippen LogP contribution is 2.39. The van der Waals surface area contributed by atoms with E-state index in [9.17, 15) is 9.59 Å². The normalized spacial score (nSPS) is 14.6. The van der Waals surface area contributed by atoms with Crippen molar-refractivity contribution in [1.82, 2.24) is 9.88 Å². The summed E-state index contributed by atoms with van der Waals surface area (Å²) in [6.07, 6.45) is 3.41. The van der Waals surface area contributed by atoms with Gasteiger partial charge in [0.15, 0.2) is 0 Å². The zero-order valence-corrected chi connectivity index (χ0v) is 14.4. The van der Waals surface area contributed by atoms with Gasteiger partial charge in [-0.1, -0.05) is 18.2 Å². The number of anilines is 1. The molecule has 27 heavy (non-hydrogen) atoms. The molecule has 5 rings (SSSR count). The van der Waals surface area contributed by atoms with Gasteiger partial charge in [-0.25, -0.2) is 0 Å². The molecular formula is C21H15N3O3. The predicted octanol–water partition coefficient (Wildman–Crippen LogP) is 3.07. The molecule has 2 aromatic heterocycles. The van der Waals surface area contributed by atoms with E-state index in [0.29, 0.717) is 28.0 Å². The van der Waals surface area contributed by atoms with Crippen LogP contribution in [0.4, 0.5) is 5.69 Å². The molecule has 2 aromatic carbocycles. The molecule has 0 fully saturated rings. The number of hydrogen-bond acceptors (Lipinski definition) is 4. The molecule has 0 atom stereocenters. The van der Waals surface area contributed by atoms with E-state index >= 15 is 0 Å². The summed E-state index contributed by atoms with van der Waals surface area (Å²) >= 11 is 0. The molecule has 0 radical (unpaired) electrons. The Kier molecular flexibility index (Phi) is 3.06. The largest absolute Gasteiger partial charge is 0.464 e. The van der Waals surface area contributed by atoms with Crippen molar-refractivity contribution in [3.8, 4) is 0 Å². The highest BCUT2D eigenvalue weighted by molar-refractivity contribution is 6.50. The monoisotopic (exact) mass is 357 g/mol. The van der Waals surface area contributed by atoms with E-state index in [2.05, 4.69) is 5.32 Å². The lowest BCUT2D eigenvalue weighted by atomic mass is 9.94. The van der Waals surface area contributed by atoms with Gasteiger partial charge >= 0.3 is 0 Å². The van der Waals surface area contributed by atoms with Crippen LogP contribution in [0.15, 0.2) is 59.3 Å². The number of nitrogens with two attached hydrogens (primary N) is 1.